The van der Waals surface area contributed by atoms with E-state index in [0.29, 0.717) is 19.6 Å². The van der Waals surface area contributed by atoms with Gasteiger partial charge in [0.15, 0.2) is 0 Å². The van der Waals surface area contributed by atoms with Gasteiger partial charge in [0.2, 0.25) is 0 Å². The number of ether oxygens (including phenoxy) is 1. The minimum Gasteiger partial charge on any atom is -0.384 e. The van der Waals surface area contributed by atoms with Crippen molar-refractivity contribution in [1.82, 2.24) is 4.37 Å². The Labute approximate surface area is 87.9 Å². The lowest BCUT2D eigenvalue weighted by atomic mass is 9.83. The van der Waals surface area contributed by atoms with Crippen molar-refractivity contribution >= 4 is 11.5 Å². The zero-order valence-electron chi connectivity index (χ0n) is 8.49. The molecule has 0 aliphatic carbocycles. The molecule has 1 aromatic heterocycles. The van der Waals surface area contributed by atoms with E-state index < -0.39 is 5.60 Å². The van der Waals surface area contributed by atoms with Crippen LogP contribution in [0.5, 0.6) is 0 Å². The fourth-order valence-electron chi connectivity index (χ4n) is 1.81. The molecule has 1 fully saturated rings. The molecule has 2 heterocycles. The lowest BCUT2D eigenvalue weighted by Gasteiger charge is -2.36. The van der Waals surface area contributed by atoms with Crippen molar-refractivity contribution in [3.05, 3.63) is 16.6 Å². The first kappa shape index (κ1) is 10.1. The van der Waals surface area contributed by atoms with Gasteiger partial charge in [0.05, 0.1) is 17.2 Å². The van der Waals surface area contributed by atoms with Crippen LogP contribution in [-0.4, -0.2) is 22.7 Å². The molecule has 78 valence electrons. The molecule has 1 aromatic rings. The Kier molecular flexibility index (Phi) is 2.60. The fourth-order valence-corrected chi connectivity index (χ4v) is 2.79. The van der Waals surface area contributed by atoms with E-state index in [9.17, 15) is 5.11 Å². The first-order chi connectivity index (χ1) is 6.63. The maximum Gasteiger partial charge on any atom is 0.107 e. The van der Waals surface area contributed by atoms with Crippen LogP contribution in [0.4, 0.5) is 0 Å². The van der Waals surface area contributed by atoms with Crippen LogP contribution in [0.3, 0.4) is 0 Å². The van der Waals surface area contributed by atoms with E-state index in [0.717, 1.165) is 10.6 Å². The standard InChI is InChI=1S/C10H15NO2S/c1-7-6-13-4-3-10(7,12)9-5-8(2)11-14-9/h5,7,12H,3-4,6H2,1-2H3. The molecule has 1 aliphatic heterocycles. The molecule has 0 bridgehead atoms. The van der Waals surface area contributed by atoms with Gasteiger partial charge >= 0.3 is 0 Å². The Morgan fingerprint density at radius 1 is 1.71 bits per heavy atom. The number of rotatable bonds is 1. The van der Waals surface area contributed by atoms with E-state index in [1.165, 1.54) is 11.5 Å². The second kappa shape index (κ2) is 3.61. The quantitative estimate of drug-likeness (QED) is 0.772. The molecule has 1 N–H and O–H groups in total. The third-order valence-corrected chi connectivity index (χ3v) is 3.91. The van der Waals surface area contributed by atoms with Crippen molar-refractivity contribution in [2.45, 2.75) is 25.9 Å². The van der Waals surface area contributed by atoms with Gasteiger partial charge in [-0.25, -0.2) is 0 Å². The van der Waals surface area contributed by atoms with Crippen molar-refractivity contribution in [2.24, 2.45) is 5.92 Å². The van der Waals surface area contributed by atoms with E-state index in [2.05, 4.69) is 4.37 Å². The monoisotopic (exact) mass is 213 g/mol. The van der Waals surface area contributed by atoms with Crippen LogP contribution < -0.4 is 0 Å². The Morgan fingerprint density at radius 2 is 2.50 bits per heavy atom. The zero-order chi connectivity index (χ0) is 10.2. The van der Waals surface area contributed by atoms with Gasteiger partial charge in [-0.2, -0.15) is 4.37 Å². The van der Waals surface area contributed by atoms with Crippen molar-refractivity contribution in [2.75, 3.05) is 13.2 Å². The lowest BCUT2D eigenvalue weighted by Crippen LogP contribution is -2.40. The van der Waals surface area contributed by atoms with E-state index in [-0.39, 0.29) is 5.92 Å². The minimum atomic E-state index is -0.718. The predicted molar refractivity (Wildman–Crippen MR) is 55.3 cm³/mol. The Balaban J connectivity index is 2.29. The van der Waals surface area contributed by atoms with Crippen LogP contribution in [0.2, 0.25) is 0 Å². The summed E-state index contributed by atoms with van der Waals surface area (Å²) < 4.78 is 9.54. The SMILES string of the molecule is Cc1cc(C2(O)CCOCC2C)sn1. The molecule has 1 aliphatic rings. The van der Waals surface area contributed by atoms with Gasteiger partial charge in [0, 0.05) is 18.9 Å². The van der Waals surface area contributed by atoms with Crippen molar-refractivity contribution < 1.29 is 9.84 Å². The van der Waals surface area contributed by atoms with Gasteiger partial charge in [-0.3, -0.25) is 0 Å². The molecule has 3 nitrogen and oxygen atoms in total. The topological polar surface area (TPSA) is 42.4 Å². The highest BCUT2D eigenvalue weighted by Gasteiger charge is 2.39. The van der Waals surface area contributed by atoms with Crippen LogP contribution in [0.25, 0.3) is 0 Å². The highest BCUT2D eigenvalue weighted by Crippen LogP contribution is 2.38. The molecule has 4 heteroatoms. The molecule has 0 spiro atoms. The average Bonchev–Trinajstić information content (AvgIpc) is 2.58. The number of aromatic nitrogens is 1. The normalized spacial score (nSPS) is 33.2. The summed E-state index contributed by atoms with van der Waals surface area (Å²) in [5.41, 5.74) is 0.265. The summed E-state index contributed by atoms with van der Waals surface area (Å²) in [7, 11) is 0. The van der Waals surface area contributed by atoms with Crippen LogP contribution in [-0.2, 0) is 10.3 Å². The largest absolute Gasteiger partial charge is 0.384 e. The average molecular weight is 213 g/mol. The summed E-state index contributed by atoms with van der Waals surface area (Å²) in [6.45, 7) is 5.24. The smallest absolute Gasteiger partial charge is 0.107 e. The third kappa shape index (κ3) is 1.58. The molecule has 1 saturated heterocycles. The summed E-state index contributed by atoms with van der Waals surface area (Å²) in [5, 5.41) is 10.5. The highest BCUT2D eigenvalue weighted by molar-refractivity contribution is 7.06. The molecular weight excluding hydrogens is 198 g/mol. The van der Waals surface area contributed by atoms with Crippen LogP contribution in [0.15, 0.2) is 6.07 Å². The van der Waals surface area contributed by atoms with E-state index in [1.54, 1.807) is 0 Å². The number of aliphatic hydroxyl groups is 1. The van der Waals surface area contributed by atoms with Crippen LogP contribution in [0, 0.1) is 12.8 Å². The first-order valence-corrected chi connectivity index (χ1v) is 5.64. The Hall–Kier alpha value is -0.450. The van der Waals surface area contributed by atoms with Crippen LogP contribution >= 0.6 is 11.5 Å². The van der Waals surface area contributed by atoms with Gasteiger partial charge in [-0.1, -0.05) is 6.92 Å². The predicted octanol–water partition coefficient (Wildman–Crippen LogP) is 1.70. The zero-order valence-corrected chi connectivity index (χ0v) is 9.30. The summed E-state index contributed by atoms with van der Waals surface area (Å²) >= 11 is 1.40. The molecule has 0 saturated carbocycles. The Morgan fingerprint density at radius 3 is 3.07 bits per heavy atom. The number of hydrogen-bond acceptors (Lipinski definition) is 4. The van der Waals surface area contributed by atoms with Gasteiger partial charge in [0.25, 0.3) is 0 Å². The van der Waals surface area contributed by atoms with Crippen molar-refractivity contribution in [3.63, 3.8) is 0 Å². The van der Waals surface area contributed by atoms with E-state index in [4.69, 9.17) is 4.74 Å². The molecular formula is C10H15NO2S. The molecule has 2 unspecified atom stereocenters. The van der Waals surface area contributed by atoms with E-state index >= 15 is 0 Å². The summed E-state index contributed by atoms with van der Waals surface area (Å²) in [5.74, 6) is 0.149. The molecule has 0 radical (unpaired) electrons. The van der Waals surface area contributed by atoms with Gasteiger partial charge in [0.1, 0.15) is 5.60 Å². The summed E-state index contributed by atoms with van der Waals surface area (Å²) in [6.07, 6.45) is 0.676. The maximum absolute atomic E-state index is 10.5. The summed E-state index contributed by atoms with van der Waals surface area (Å²) in [4.78, 5) is 0.978. The fraction of sp³-hybridized carbons (Fsp3) is 0.700. The van der Waals surface area contributed by atoms with Gasteiger partial charge < -0.3 is 9.84 Å². The van der Waals surface area contributed by atoms with Crippen LogP contribution in [0.1, 0.15) is 23.9 Å². The molecule has 0 amide bonds. The van der Waals surface area contributed by atoms with E-state index in [1.807, 2.05) is 19.9 Å². The minimum absolute atomic E-state index is 0.149. The molecule has 2 rings (SSSR count). The highest BCUT2D eigenvalue weighted by atomic mass is 32.1. The molecule has 2 atom stereocenters. The van der Waals surface area contributed by atoms with Gasteiger partial charge in [-0.15, -0.1) is 0 Å². The lowest BCUT2D eigenvalue weighted by molar-refractivity contribution is -0.109. The maximum atomic E-state index is 10.5. The number of hydrogen-bond donors (Lipinski definition) is 1. The summed E-state index contributed by atoms with van der Waals surface area (Å²) in [6, 6.07) is 1.98. The van der Waals surface area contributed by atoms with Crippen molar-refractivity contribution in [1.29, 1.82) is 0 Å². The Bertz CT molecular complexity index is 326. The second-order valence-corrected chi connectivity index (χ2v) is 4.79. The third-order valence-electron chi connectivity index (χ3n) is 2.87. The van der Waals surface area contributed by atoms with Gasteiger partial charge in [-0.05, 0) is 24.5 Å². The van der Waals surface area contributed by atoms with Crippen molar-refractivity contribution in [3.8, 4) is 0 Å². The number of nitrogens with zero attached hydrogens (tertiary/aromatic N) is 1. The molecule has 14 heavy (non-hydrogen) atoms. The number of aryl methyl sites for hydroxylation is 1. The molecule has 0 aromatic carbocycles. The second-order valence-electron chi connectivity index (χ2n) is 3.98. The first-order valence-electron chi connectivity index (χ1n) is 4.87.